The molecule has 0 atom stereocenters. The molecule has 96 valence electrons. The van der Waals surface area contributed by atoms with Gasteiger partial charge in [0.25, 0.3) is 0 Å². The van der Waals surface area contributed by atoms with Crippen LogP contribution in [0.25, 0.3) is 0 Å². The highest BCUT2D eigenvalue weighted by Gasteiger charge is 2.09. The summed E-state index contributed by atoms with van der Waals surface area (Å²) >= 11 is 0. The minimum Gasteiger partial charge on any atom is -0.477 e. The molecular formula is C13H23N3O. The van der Waals surface area contributed by atoms with Crippen LogP contribution >= 0.6 is 0 Å². The molecule has 0 amide bonds. The van der Waals surface area contributed by atoms with Crippen LogP contribution < -0.4 is 10.5 Å². The van der Waals surface area contributed by atoms with Gasteiger partial charge in [0.2, 0.25) is 5.88 Å². The molecule has 1 aromatic heterocycles. The van der Waals surface area contributed by atoms with Crippen molar-refractivity contribution in [3.05, 3.63) is 11.4 Å². The number of rotatable bonds is 6. The van der Waals surface area contributed by atoms with E-state index in [-0.39, 0.29) is 0 Å². The first-order chi connectivity index (χ1) is 8.04. The fourth-order valence-corrected chi connectivity index (χ4v) is 1.43. The maximum absolute atomic E-state index is 5.85. The molecule has 0 saturated carbocycles. The highest BCUT2D eigenvalue weighted by molar-refractivity contribution is 5.44. The largest absolute Gasteiger partial charge is 0.477 e. The molecule has 0 spiro atoms. The standard InChI is InChI=1S/C13H23N3O/c1-5-6-11-15-12(14)10(4)13(16-11)17-8-7-9(2)3/h9H,5-8H2,1-4H3,(H2,14,15,16). The molecule has 2 N–H and O–H groups in total. The predicted molar refractivity (Wildman–Crippen MR) is 70.1 cm³/mol. The Labute approximate surface area is 104 Å². The van der Waals surface area contributed by atoms with E-state index in [1.165, 1.54) is 0 Å². The van der Waals surface area contributed by atoms with E-state index >= 15 is 0 Å². The molecule has 1 heterocycles. The molecule has 17 heavy (non-hydrogen) atoms. The predicted octanol–water partition coefficient (Wildman–Crippen LogP) is 2.74. The first-order valence-electron chi connectivity index (χ1n) is 6.30. The fourth-order valence-electron chi connectivity index (χ4n) is 1.43. The molecule has 1 aromatic rings. The van der Waals surface area contributed by atoms with E-state index in [0.29, 0.717) is 24.2 Å². The summed E-state index contributed by atoms with van der Waals surface area (Å²) in [6.07, 6.45) is 2.87. The van der Waals surface area contributed by atoms with Crippen molar-refractivity contribution in [1.29, 1.82) is 0 Å². The Bertz CT molecular complexity index is 364. The topological polar surface area (TPSA) is 61.0 Å². The summed E-state index contributed by atoms with van der Waals surface area (Å²) in [6.45, 7) is 9.02. The van der Waals surface area contributed by atoms with Gasteiger partial charge in [0.1, 0.15) is 11.6 Å². The molecule has 0 aliphatic heterocycles. The van der Waals surface area contributed by atoms with Crippen LogP contribution in [0.3, 0.4) is 0 Å². The molecule has 1 rings (SSSR count). The number of aryl methyl sites for hydroxylation is 1. The lowest BCUT2D eigenvalue weighted by Gasteiger charge is -2.12. The Morgan fingerprint density at radius 3 is 2.59 bits per heavy atom. The van der Waals surface area contributed by atoms with Crippen molar-refractivity contribution in [2.45, 2.75) is 47.0 Å². The van der Waals surface area contributed by atoms with Crippen molar-refractivity contribution in [2.75, 3.05) is 12.3 Å². The first-order valence-corrected chi connectivity index (χ1v) is 6.30. The molecule has 0 bridgehead atoms. The Morgan fingerprint density at radius 2 is 2.00 bits per heavy atom. The van der Waals surface area contributed by atoms with E-state index in [0.717, 1.165) is 30.7 Å². The highest BCUT2D eigenvalue weighted by atomic mass is 16.5. The van der Waals surface area contributed by atoms with E-state index in [1.807, 2.05) is 6.92 Å². The van der Waals surface area contributed by atoms with Crippen molar-refractivity contribution in [3.63, 3.8) is 0 Å². The van der Waals surface area contributed by atoms with Gasteiger partial charge < -0.3 is 10.5 Å². The fraction of sp³-hybridized carbons (Fsp3) is 0.692. The number of nitrogen functional groups attached to an aromatic ring is 1. The molecule has 0 unspecified atom stereocenters. The lowest BCUT2D eigenvalue weighted by atomic mass is 10.1. The van der Waals surface area contributed by atoms with Crippen LogP contribution in [-0.4, -0.2) is 16.6 Å². The van der Waals surface area contributed by atoms with Crippen LogP contribution in [-0.2, 0) is 6.42 Å². The zero-order valence-electron chi connectivity index (χ0n) is 11.3. The van der Waals surface area contributed by atoms with Crippen LogP contribution in [0.15, 0.2) is 0 Å². The maximum atomic E-state index is 5.85. The Morgan fingerprint density at radius 1 is 1.29 bits per heavy atom. The minimum atomic E-state index is 0.531. The second-order valence-corrected chi connectivity index (χ2v) is 4.74. The van der Waals surface area contributed by atoms with E-state index in [2.05, 4.69) is 30.7 Å². The smallest absolute Gasteiger partial charge is 0.221 e. The molecule has 4 nitrogen and oxygen atoms in total. The third-order valence-electron chi connectivity index (χ3n) is 2.59. The summed E-state index contributed by atoms with van der Waals surface area (Å²) in [6, 6.07) is 0. The number of aromatic nitrogens is 2. The van der Waals surface area contributed by atoms with Gasteiger partial charge in [-0.3, -0.25) is 0 Å². The summed E-state index contributed by atoms with van der Waals surface area (Å²) in [5.41, 5.74) is 6.69. The quantitative estimate of drug-likeness (QED) is 0.826. The van der Waals surface area contributed by atoms with Crippen molar-refractivity contribution in [1.82, 2.24) is 9.97 Å². The highest BCUT2D eigenvalue weighted by Crippen LogP contribution is 2.20. The van der Waals surface area contributed by atoms with Gasteiger partial charge in [-0.2, -0.15) is 4.98 Å². The number of nitrogens with zero attached hydrogens (tertiary/aromatic N) is 2. The van der Waals surface area contributed by atoms with Crippen molar-refractivity contribution in [3.8, 4) is 5.88 Å². The summed E-state index contributed by atoms with van der Waals surface area (Å²) in [7, 11) is 0. The lowest BCUT2D eigenvalue weighted by Crippen LogP contribution is -2.09. The third-order valence-corrected chi connectivity index (χ3v) is 2.59. The van der Waals surface area contributed by atoms with Crippen LogP contribution in [0.1, 0.15) is 45.0 Å². The molecule has 0 aromatic carbocycles. The van der Waals surface area contributed by atoms with Gasteiger partial charge in [-0.25, -0.2) is 4.98 Å². The number of ether oxygens (including phenoxy) is 1. The molecule has 0 aliphatic rings. The molecule has 4 heteroatoms. The normalized spacial score (nSPS) is 10.9. The molecule has 0 radical (unpaired) electrons. The third kappa shape index (κ3) is 4.21. The zero-order chi connectivity index (χ0) is 12.8. The van der Waals surface area contributed by atoms with Gasteiger partial charge in [0.05, 0.1) is 12.2 Å². The van der Waals surface area contributed by atoms with E-state index in [9.17, 15) is 0 Å². The van der Waals surface area contributed by atoms with Gasteiger partial charge in [0, 0.05) is 6.42 Å². The number of hydrogen-bond donors (Lipinski definition) is 1. The van der Waals surface area contributed by atoms with Crippen molar-refractivity contribution < 1.29 is 4.74 Å². The van der Waals surface area contributed by atoms with Crippen LogP contribution in [0.5, 0.6) is 5.88 Å². The van der Waals surface area contributed by atoms with E-state index in [1.54, 1.807) is 0 Å². The van der Waals surface area contributed by atoms with Gasteiger partial charge in [-0.15, -0.1) is 0 Å². The Hall–Kier alpha value is -1.32. The van der Waals surface area contributed by atoms with Crippen LogP contribution in [0.2, 0.25) is 0 Å². The van der Waals surface area contributed by atoms with Gasteiger partial charge in [-0.05, 0) is 25.7 Å². The summed E-state index contributed by atoms with van der Waals surface area (Å²) in [5, 5.41) is 0. The van der Waals surface area contributed by atoms with E-state index in [4.69, 9.17) is 10.5 Å². The average molecular weight is 237 g/mol. The average Bonchev–Trinajstić information content (AvgIpc) is 2.24. The van der Waals surface area contributed by atoms with Gasteiger partial charge in [0.15, 0.2) is 0 Å². The van der Waals surface area contributed by atoms with Crippen LogP contribution in [0.4, 0.5) is 5.82 Å². The molecule has 0 fully saturated rings. The summed E-state index contributed by atoms with van der Waals surface area (Å²) < 4.78 is 5.68. The van der Waals surface area contributed by atoms with Crippen molar-refractivity contribution in [2.24, 2.45) is 5.92 Å². The zero-order valence-corrected chi connectivity index (χ0v) is 11.3. The minimum absolute atomic E-state index is 0.531. The Kier molecular flexibility index (Phi) is 5.19. The Balaban J connectivity index is 2.75. The van der Waals surface area contributed by atoms with Gasteiger partial charge >= 0.3 is 0 Å². The monoisotopic (exact) mass is 237 g/mol. The molecular weight excluding hydrogens is 214 g/mol. The van der Waals surface area contributed by atoms with E-state index < -0.39 is 0 Å². The maximum Gasteiger partial charge on any atom is 0.221 e. The number of nitrogens with two attached hydrogens (primary N) is 1. The number of anilines is 1. The lowest BCUT2D eigenvalue weighted by molar-refractivity contribution is 0.276. The molecule has 0 saturated heterocycles. The second kappa shape index (κ2) is 6.42. The summed E-state index contributed by atoms with van der Waals surface area (Å²) in [5.74, 6) is 2.57. The van der Waals surface area contributed by atoms with Crippen LogP contribution in [0, 0.1) is 12.8 Å². The SMILES string of the molecule is CCCc1nc(N)c(C)c(OCCC(C)C)n1. The van der Waals surface area contributed by atoms with Crippen molar-refractivity contribution >= 4 is 5.82 Å². The van der Waals surface area contributed by atoms with Gasteiger partial charge in [-0.1, -0.05) is 20.8 Å². The second-order valence-electron chi connectivity index (χ2n) is 4.74. The number of hydrogen-bond acceptors (Lipinski definition) is 4. The summed E-state index contributed by atoms with van der Waals surface area (Å²) in [4.78, 5) is 8.66. The molecule has 0 aliphatic carbocycles. The first kappa shape index (κ1) is 13.7.